The van der Waals surface area contributed by atoms with Crippen molar-refractivity contribution >= 4 is 17.7 Å². The molecule has 2 aromatic rings. The van der Waals surface area contributed by atoms with Gasteiger partial charge >= 0.3 is 0 Å². The van der Waals surface area contributed by atoms with E-state index < -0.39 is 0 Å². The zero-order valence-electron chi connectivity index (χ0n) is 16.3. The highest BCUT2D eigenvalue weighted by molar-refractivity contribution is 5.95. The third-order valence-corrected chi connectivity index (χ3v) is 6.14. The Labute approximate surface area is 166 Å². The van der Waals surface area contributed by atoms with Crippen molar-refractivity contribution in [1.82, 2.24) is 4.90 Å². The number of carbonyl (C=O) groups is 1. The van der Waals surface area contributed by atoms with E-state index in [1.807, 2.05) is 6.07 Å². The summed E-state index contributed by atoms with van der Waals surface area (Å²) in [7, 11) is 0. The number of nitrogens with zero attached hydrogens (tertiary/aromatic N) is 1. The second-order valence-electron chi connectivity index (χ2n) is 8.30. The SMILES string of the molecule is CC(=Cc1ccccc1)CN1CCC2(CC1)CC2C(=O)Nc1cccc(F)c1. The van der Waals surface area contributed by atoms with Gasteiger partial charge in [-0.15, -0.1) is 0 Å². The van der Waals surface area contributed by atoms with Gasteiger partial charge in [0.2, 0.25) is 5.91 Å². The second-order valence-corrected chi connectivity index (χ2v) is 8.30. The first kappa shape index (κ1) is 18.9. The Hall–Kier alpha value is -2.46. The van der Waals surface area contributed by atoms with Crippen LogP contribution in [-0.2, 0) is 4.79 Å². The number of piperidine rings is 1. The number of hydrogen-bond acceptors (Lipinski definition) is 2. The van der Waals surface area contributed by atoms with Crippen LogP contribution < -0.4 is 5.32 Å². The molecule has 1 aliphatic heterocycles. The number of nitrogens with one attached hydrogen (secondary N) is 1. The smallest absolute Gasteiger partial charge is 0.228 e. The van der Waals surface area contributed by atoms with E-state index in [-0.39, 0.29) is 23.1 Å². The van der Waals surface area contributed by atoms with Crippen LogP contribution in [0.5, 0.6) is 0 Å². The van der Waals surface area contributed by atoms with Crippen molar-refractivity contribution in [1.29, 1.82) is 0 Å². The average Bonchev–Trinajstić information content (AvgIpc) is 3.38. The fourth-order valence-electron chi connectivity index (χ4n) is 4.46. The Bertz CT molecular complexity index is 869. The van der Waals surface area contributed by atoms with Crippen molar-refractivity contribution in [2.45, 2.75) is 26.2 Å². The summed E-state index contributed by atoms with van der Waals surface area (Å²) >= 11 is 0. The number of amides is 1. The lowest BCUT2D eigenvalue weighted by molar-refractivity contribution is -0.118. The Morgan fingerprint density at radius 3 is 2.64 bits per heavy atom. The van der Waals surface area contributed by atoms with Gasteiger partial charge in [0.1, 0.15) is 5.82 Å². The van der Waals surface area contributed by atoms with Crippen LogP contribution in [0, 0.1) is 17.2 Å². The summed E-state index contributed by atoms with van der Waals surface area (Å²) in [5.41, 5.74) is 3.31. The van der Waals surface area contributed by atoms with Crippen LogP contribution in [0.1, 0.15) is 31.7 Å². The van der Waals surface area contributed by atoms with Crippen LogP contribution in [0.25, 0.3) is 6.08 Å². The van der Waals surface area contributed by atoms with E-state index in [0.29, 0.717) is 5.69 Å². The minimum Gasteiger partial charge on any atom is -0.326 e. The molecule has 1 spiro atoms. The third kappa shape index (κ3) is 4.33. The van der Waals surface area contributed by atoms with Gasteiger partial charge in [-0.2, -0.15) is 0 Å². The number of likely N-dealkylation sites (tertiary alicyclic amines) is 1. The van der Waals surface area contributed by atoms with Crippen molar-refractivity contribution in [3.63, 3.8) is 0 Å². The topological polar surface area (TPSA) is 32.3 Å². The summed E-state index contributed by atoms with van der Waals surface area (Å²) in [6.07, 6.45) is 5.33. The van der Waals surface area contributed by atoms with Crippen LogP contribution in [0.4, 0.5) is 10.1 Å². The van der Waals surface area contributed by atoms with Crippen molar-refractivity contribution in [3.05, 3.63) is 71.6 Å². The quantitative estimate of drug-likeness (QED) is 0.797. The lowest BCUT2D eigenvalue weighted by Gasteiger charge is -2.33. The molecule has 146 valence electrons. The molecule has 4 heteroatoms. The molecule has 1 atom stereocenters. The molecule has 28 heavy (non-hydrogen) atoms. The van der Waals surface area contributed by atoms with Gasteiger partial charge in [-0.3, -0.25) is 9.69 Å². The zero-order valence-corrected chi connectivity index (χ0v) is 16.3. The maximum Gasteiger partial charge on any atom is 0.228 e. The first-order valence-electron chi connectivity index (χ1n) is 10.1. The molecule has 2 fully saturated rings. The van der Waals surface area contributed by atoms with Gasteiger partial charge in [0.25, 0.3) is 0 Å². The molecule has 1 unspecified atom stereocenters. The monoisotopic (exact) mass is 378 g/mol. The van der Waals surface area contributed by atoms with Gasteiger partial charge in [-0.25, -0.2) is 4.39 Å². The van der Waals surface area contributed by atoms with Crippen LogP contribution in [-0.4, -0.2) is 30.4 Å². The molecule has 1 amide bonds. The van der Waals surface area contributed by atoms with Crippen molar-refractivity contribution in [3.8, 4) is 0 Å². The Balaban J connectivity index is 1.27. The van der Waals surface area contributed by atoms with Crippen LogP contribution in [0.2, 0.25) is 0 Å². The van der Waals surface area contributed by atoms with E-state index in [0.717, 1.165) is 38.9 Å². The lowest BCUT2D eigenvalue weighted by Crippen LogP contribution is -2.37. The third-order valence-electron chi connectivity index (χ3n) is 6.14. The van der Waals surface area contributed by atoms with Crippen molar-refractivity contribution in [2.24, 2.45) is 11.3 Å². The van der Waals surface area contributed by atoms with E-state index in [4.69, 9.17) is 0 Å². The maximum absolute atomic E-state index is 13.3. The normalized spacial score (nSPS) is 21.5. The van der Waals surface area contributed by atoms with E-state index in [2.05, 4.69) is 47.5 Å². The molecule has 0 bridgehead atoms. The minimum absolute atomic E-state index is 0.0409. The number of halogens is 1. The molecule has 3 nitrogen and oxygen atoms in total. The van der Waals surface area contributed by atoms with Gasteiger partial charge in [-0.05, 0) is 68.5 Å². The summed E-state index contributed by atoms with van der Waals surface area (Å²) in [5.74, 6) is -0.214. The van der Waals surface area contributed by atoms with E-state index in [1.54, 1.807) is 12.1 Å². The zero-order chi connectivity index (χ0) is 19.6. The van der Waals surface area contributed by atoms with Crippen LogP contribution in [0.15, 0.2) is 60.2 Å². The Morgan fingerprint density at radius 2 is 1.93 bits per heavy atom. The predicted octanol–water partition coefficient (Wildman–Crippen LogP) is 4.97. The van der Waals surface area contributed by atoms with Crippen LogP contribution >= 0.6 is 0 Å². The highest BCUT2D eigenvalue weighted by atomic mass is 19.1. The summed E-state index contributed by atoms with van der Waals surface area (Å²) in [6.45, 7) is 5.22. The predicted molar refractivity (Wildman–Crippen MR) is 111 cm³/mol. The second kappa shape index (κ2) is 7.88. The lowest BCUT2D eigenvalue weighted by atomic mass is 9.90. The number of hydrogen-bond donors (Lipinski definition) is 1. The molecule has 0 aromatic heterocycles. The molecule has 1 saturated heterocycles. The fraction of sp³-hybridized carbons (Fsp3) is 0.375. The minimum atomic E-state index is -0.324. The molecule has 1 saturated carbocycles. The van der Waals surface area contributed by atoms with Crippen LogP contribution in [0.3, 0.4) is 0 Å². The van der Waals surface area contributed by atoms with Gasteiger partial charge < -0.3 is 5.32 Å². The maximum atomic E-state index is 13.3. The molecule has 1 heterocycles. The largest absolute Gasteiger partial charge is 0.326 e. The van der Waals surface area contributed by atoms with Gasteiger partial charge in [0, 0.05) is 18.2 Å². The number of carbonyl (C=O) groups excluding carboxylic acids is 1. The van der Waals surface area contributed by atoms with Gasteiger partial charge in [0.15, 0.2) is 0 Å². The first-order valence-corrected chi connectivity index (χ1v) is 10.1. The number of anilines is 1. The summed E-state index contributed by atoms with van der Waals surface area (Å²) in [5, 5.41) is 2.89. The van der Waals surface area contributed by atoms with E-state index in [1.165, 1.54) is 23.3 Å². The standard InChI is InChI=1S/C24H27FN2O/c1-18(14-19-6-3-2-4-7-19)17-27-12-10-24(11-13-27)16-22(24)23(28)26-21-9-5-8-20(25)15-21/h2-9,14-15,22H,10-13,16-17H2,1H3,(H,26,28). The molecule has 1 N–H and O–H groups in total. The summed E-state index contributed by atoms with van der Waals surface area (Å²) in [4.78, 5) is 15.1. The summed E-state index contributed by atoms with van der Waals surface area (Å²) in [6, 6.07) is 16.5. The van der Waals surface area contributed by atoms with Gasteiger partial charge in [-0.1, -0.05) is 48.0 Å². The highest BCUT2D eigenvalue weighted by Crippen LogP contribution is 2.59. The highest BCUT2D eigenvalue weighted by Gasteiger charge is 2.58. The van der Waals surface area contributed by atoms with Crippen molar-refractivity contribution in [2.75, 3.05) is 25.0 Å². The number of benzene rings is 2. The van der Waals surface area contributed by atoms with Crippen molar-refractivity contribution < 1.29 is 9.18 Å². The molecular weight excluding hydrogens is 351 g/mol. The molecule has 2 aromatic carbocycles. The Morgan fingerprint density at radius 1 is 1.18 bits per heavy atom. The Kier molecular flexibility index (Phi) is 5.31. The fourth-order valence-corrected chi connectivity index (χ4v) is 4.46. The first-order chi connectivity index (χ1) is 13.5. The average molecular weight is 378 g/mol. The molecule has 0 radical (unpaired) electrons. The van der Waals surface area contributed by atoms with E-state index >= 15 is 0 Å². The number of rotatable bonds is 5. The van der Waals surface area contributed by atoms with Gasteiger partial charge in [0.05, 0.1) is 0 Å². The molecule has 2 aliphatic rings. The molecule has 4 rings (SSSR count). The summed E-state index contributed by atoms with van der Waals surface area (Å²) < 4.78 is 13.3. The molecular formula is C24H27FN2O. The molecule has 1 aliphatic carbocycles. The van der Waals surface area contributed by atoms with E-state index in [9.17, 15) is 9.18 Å².